The maximum atomic E-state index is 12.4. The Labute approximate surface area is 133 Å². The lowest BCUT2D eigenvalue weighted by Gasteiger charge is -2.33. The van der Waals surface area contributed by atoms with Crippen molar-refractivity contribution in [2.45, 2.75) is 32.9 Å². The number of benzene rings is 1. The molecule has 1 aromatic carbocycles. The summed E-state index contributed by atoms with van der Waals surface area (Å²) in [6, 6.07) is 7.64. The van der Waals surface area contributed by atoms with Gasteiger partial charge in [-0.3, -0.25) is 9.59 Å². The first-order valence-corrected chi connectivity index (χ1v) is 7.86. The molecule has 0 radical (unpaired) electrons. The maximum absolute atomic E-state index is 12.4. The van der Waals surface area contributed by atoms with Crippen LogP contribution in [0, 0.1) is 9.49 Å². The summed E-state index contributed by atoms with van der Waals surface area (Å²) in [4.78, 5) is 25.8. The first-order valence-electron chi connectivity index (χ1n) is 6.78. The number of amides is 2. The molecule has 1 fully saturated rings. The van der Waals surface area contributed by atoms with Gasteiger partial charge in [0.25, 0.3) is 0 Å². The van der Waals surface area contributed by atoms with Crippen LogP contribution in [-0.4, -0.2) is 29.3 Å². The molecule has 1 unspecified atom stereocenters. The third-order valence-electron chi connectivity index (χ3n) is 3.27. The third kappa shape index (κ3) is 3.94. The molecule has 1 aromatic rings. The van der Waals surface area contributed by atoms with Gasteiger partial charge >= 0.3 is 0 Å². The fraction of sp³-hybridized carbons (Fsp3) is 0.467. The molecule has 0 aliphatic carbocycles. The van der Waals surface area contributed by atoms with Crippen LogP contribution < -0.4 is 5.32 Å². The van der Waals surface area contributed by atoms with Gasteiger partial charge in [-0.15, -0.1) is 0 Å². The monoisotopic (exact) mass is 386 g/mol. The van der Waals surface area contributed by atoms with Gasteiger partial charge in [-0.2, -0.15) is 0 Å². The smallest absolute Gasteiger partial charge is 0.245 e. The summed E-state index contributed by atoms with van der Waals surface area (Å²) in [6.07, 6.45) is 0.688. The number of carbonyl (C=O) groups is 2. The summed E-state index contributed by atoms with van der Waals surface area (Å²) in [6.45, 7) is 4.76. The van der Waals surface area contributed by atoms with E-state index in [4.69, 9.17) is 0 Å². The topological polar surface area (TPSA) is 49.4 Å². The zero-order chi connectivity index (χ0) is 14.7. The van der Waals surface area contributed by atoms with Crippen LogP contribution in [-0.2, 0) is 16.1 Å². The molecular formula is C15H19IN2O2. The van der Waals surface area contributed by atoms with Crippen molar-refractivity contribution < 1.29 is 9.59 Å². The normalized spacial score (nSPS) is 19.4. The van der Waals surface area contributed by atoms with Crippen molar-refractivity contribution in [3.63, 3.8) is 0 Å². The fourth-order valence-corrected chi connectivity index (χ4v) is 2.71. The third-order valence-corrected chi connectivity index (χ3v) is 3.99. The number of hydrogen-bond donors (Lipinski definition) is 1. The minimum atomic E-state index is -0.375. The second-order valence-corrected chi connectivity index (χ2v) is 6.82. The predicted molar refractivity (Wildman–Crippen MR) is 86.0 cm³/mol. The Bertz CT molecular complexity index is 499. The van der Waals surface area contributed by atoms with Crippen molar-refractivity contribution in [2.24, 2.45) is 5.92 Å². The Hall–Kier alpha value is -1.11. The molecule has 0 aromatic heterocycles. The number of nitrogens with zero attached hydrogens (tertiary/aromatic N) is 1. The molecule has 5 heteroatoms. The van der Waals surface area contributed by atoms with E-state index >= 15 is 0 Å². The van der Waals surface area contributed by atoms with E-state index in [1.807, 2.05) is 24.3 Å². The molecule has 2 rings (SSSR count). The number of hydrogen-bond acceptors (Lipinski definition) is 2. The van der Waals surface area contributed by atoms with Crippen molar-refractivity contribution in [3.05, 3.63) is 33.4 Å². The van der Waals surface area contributed by atoms with E-state index in [0.29, 0.717) is 18.9 Å². The molecular weight excluding hydrogens is 367 g/mol. The first-order chi connectivity index (χ1) is 9.45. The zero-order valence-electron chi connectivity index (χ0n) is 11.7. The lowest BCUT2D eigenvalue weighted by Crippen LogP contribution is -2.57. The van der Waals surface area contributed by atoms with E-state index in [-0.39, 0.29) is 24.4 Å². The Balaban J connectivity index is 2.07. The van der Waals surface area contributed by atoms with Crippen LogP contribution in [0.2, 0.25) is 0 Å². The van der Waals surface area contributed by atoms with Gasteiger partial charge in [0.15, 0.2) is 0 Å². The van der Waals surface area contributed by atoms with Crippen LogP contribution in [0.5, 0.6) is 0 Å². The molecule has 1 N–H and O–H groups in total. The Kier molecular flexibility index (Phi) is 5.01. The fourth-order valence-electron chi connectivity index (χ4n) is 2.35. The number of nitrogens with one attached hydrogen (secondary N) is 1. The first kappa shape index (κ1) is 15.3. The van der Waals surface area contributed by atoms with Crippen molar-refractivity contribution in [1.29, 1.82) is 0 Å². The molecule has 1 heterocycles. The Morgan fingerprint density at radius 3 is 2.55 bits per heavy atom. The lowest BCUT2D eigenvalue weighted by molar-refractivity contribution is -0.145. The Morgan fingerprint density at radius 2 is 1.95 bits per heavy atom. The van der Waals surface area contributed by atoms with E-state index in [2.05, 4.69) is 41.8 Å². The van der Waals surface area contributed by atoms with Crippen molar-refractivity contribution >= 4 is 34.4 Å². The number of piperazine rings is 1. The highest BCUT2D eigenvalue weighted by molar-refractivity contribution is 14.1. The van der Waals surface area contributed by atoms with E-state index in [1.165, 1.54) is 0 Å². The number of carbonyl (C=O) groups excluding carboxylic acids is 2. The summed E-state index contributed by atoms with van der Waals surface area (Å²) >= 11 is 2.25. The Morgan fingerprint density at radius 1 is 1.30 bits per heavy atom. The van der Waals surface area contributed by atoms with Crippen LogP contribution in [0.3, 0.4) is 0 Å². The molecule has 4 nitrogen and oxygen atoms in total. The average Bonchev–Trinajstić information content (AvgIpc) is 2.37. The van der Waals surface area contributed by atoms with Crippen molar-refractivity contribution in [1.82, 2.24) is 10.2 Å². The molecule has 1 atom stereocenters. The van der Waals surface area contributed by atoms with Gasteiger partial charge in [0.2, 0.25) is 11.8 Å². The van der Waals surface area contributed by atoms with Gasteiger partial charge < -0.3 is 10.2 Å². The molecule has 0 saturated carbocycles. The molecule has 1 aliphatic heterocycles. The average molecular weight is 386 g/mol. The molecule has 1 saturated heterocycles. The number of rotatable bonds is 4. The second-order valence-electron chi connectivity index (χ2n) is 5.57. The maximum Gasteiger partial charge on any atom is 0.245 e. The lowest BCUT2D eigenvalue weighted by atomic mass is 10.0. The summed E-state index contributed by atoms with van der Waals surface area (Å²) < 4.78 is 1.16. The van der Waals surface area contributed by atoms with Crippen LogP contribution >= 0.6 is 22.6 Å². The molecule has 20 heavy (non-hydrogen) atoms. The molecule has 108 valence electrons. The van der Waals surface area contributed by atoms with Crippen molar-refractivity contribution in [2.75, 3.05) is 6.54 Å². The molecule has 0 bridgehead atoms. The van der Waals surface area contributed by atoms with Crippen LogP contribution in [0.1, 0.15) is 25.8 Å². The van der Waals surface area contributed by atoms with Crippen LogP contribution in [0.4, 0.5) is 0 Å². The highest BCUT2D eigenvalue weighted by Crippen LogP contribution is 2.15. The van der Waals surface area contributed by atoms with E-state index in [1.54, 1.807) is 4.90 Å². The minimum absolute atomic E-state index is 0.0249. The molecule has 1 aliphatic rings. The largest absolute Gasteiger partial charge is 0.343 e. The number of halogens is 1. The van der Waals surface area contributed by atoms with Gasteiger partial charge in [0.05, 0.1) is 6.54 Å². The van der Waals surface area contributed by atoms with Gasteiger partial charge in [-0.1, -0.05) is 26.0 Å². The highest BCUT2D eigenvalue weighted by atomic mass is 127. The van der Waals surface area contributed by atoms with E-state index in [9.17, 15) is 9.59 Å². The summed E-state index contributed by atoms with van der Waals surface area (Å²) in [5.74, 6) is 0.333. The molecule has 0 spiro atoms. The van der Waals surface area contributed by atoms with Crippen LogP contribution in [0.15, 0.2) is 24.3 Å². The zero-order valence-corrected chi connectivity index (χ0v) is 13.9. The SMILES string of the molecule is CC(C)CC1NC(=O)CN(Cc2ccc(I)cc2)C1=O. The predicted octanol–water partition coefficient (Wildman–Crippen LogP) is 2.16. The standard InChI is InChI=1S/C15H19IN2O2/c1-10(2)7-13-15(20)18(9-14(19)17-13)8-11-3-5-12(16)6-4-11/h3-6,10,13H,7-9H2,1-2H3,(H,17,19). The van der Waals surface area contributed by atoms with Gasteiger partial charge in [-0.05, 0) is 52.6 Å². The summed E-state index contributed by atoms with van der Waals surface area (Å²) in [7, 11) is 0. The van der Waals surface area contributed by atoms with Gasteiger partial charge in [0.1, 0.15) is 6.04 Å². The summed E-state index contributed by atoms with van der Waals surface area (Å²) in [5.41, 5.74) is 1.05. The minimum Gasteiger partial charge on any atom is -0.343 e. The van der Waals surface area contributed by atoms with Crippen LogP contribution in [0.25, 0.3) is 0 Å². The van der Waals surface area contributed by atoms with Gasteiger partial charge in [0, 0.05) is 10.1 Å². The van der Waals surface area contributed by atoms with E-state index < -0.39 is 0 Å². The highest BCUT2D eigenvalue weighted by Gasteiger charge is 2.32. The molecule has 2 amide bonds. The van der Waals surface area contributed by atoms with Gasteiger partial charge in [-0.25, -0.2) is 0 Å². The second kappa shape index (κ2) is 6.56. The summed E-state index contributed by atoms with van der Waals surface area (Å²) in [5, 5.41) is 2.79. The van der Waals surface area contributed by atoms with Crippen molar-refractivity contribution in [3.8, 4) is 0 Å². The van der Waals surface area contributed by atoms with E-state index in [0.717, 1.165) is 9.13 Å². The quantitative estimate of drug-likeness (QED) is 0.807.